The molecule has 0 heterocycles. The zero-order valence-corrected chi connectivity index (χ0v) is 21.1. The van der Waals surface area contributed by atoms with Crippen LogP contribution in [0.3, 0.4) is 0 Å². The van der Waals surface area contributed by atoms with Crippen LogP contribution in [0.15, 0.2) is 12.2 Å². The quantitative estimate of drug-likeness (QED) is 0.144. The van der Waals surface area contributed by atoms with E-state index in [1.54, 1.807) is 0 Å². The summed E-state index contributed by atoms with van der Waals surface area (Å²) in [4.78, 5) is 11.9. The van der Waals surface area contributed by atoms with Gasteiger partial charge in [-0.2, -0.15) is 0 Å². The van der Waals surface area contributed by atoms with Crippen molar-refractivity contribution in [3.8, 4) is 0 Å². The van der Waals surface area contributed by atoms with Crippen molar-refractivity contribution in [2.45, 2.75) is 124 Å². The van der Waals surface area contributed by atoms with E-state index in [0.29, 0.717) is 12.0 Å². The normalized spacial score (nSPS) is 11.3. The Balaban J connectivity index is 0. The van der Waals surface area contributed by atoms with Crippen LogP contribution in [0.1, 0.15) is 124 Å². The van der Waals surface area contributed by atoms with Gasteiger partial charge in [-0.1, -0.05) is 90.6 Å². The molecule has 2 nitrogen and oxygen atoms in total. The van der Waals surface area contributed by atoms with Crippen molar-refractivity contribution in [3.05, 3.63) is 12.2 Å². The average Bonchev–Trinajstić information content (AvgIpc) is 2.70. The Hall–Kier alpha value is -0.340. The van der Waals surface area contributed by atoms with Gasteiger partial charge >= 0.3 is 0 Å². The number of hydrogen-bond acceptors (Lipinski definition) is 1. The lowest BCUT2D eigenvalue weighted by Crippen LogP contribution is -3.00. The lowest BCUT2D eigenvalue weighted by molar-refractivity contribution is -0.924. The fourth-order valence-electron chi connectivity index (χ4n) is 4.16. The van der Waals surface area contributed by atoms with E-state index in [-0.39, 0.29) is 18.2 Å². The highest BCUT2D eigenvalue weighted by Gasteiger charge is 2.23. The van der Waals surface area contributed by atoms with Crippen LogP contribution in [0.4, 0.5) is 0 Å². The van der Waals surface area contributed by atoms with Gasteiger partial charge in [0.2, 0.25) is 0 Å². The van der Waals surface area contributed by atoms with Crippen molar-refractivity contribution in [2.24, 2.45) is 0 Å². The maximum atomic E-state index is 11.9. The monoisotopic (exact) mass is 429 g/mol. The van der Waals surface area contributed by atoms with Gasteiger partial charge in [-0.15, -0.1) is 0 Å². The molecule has 29 heavy (non-hydrogen) atoms. The molecule has 174 valence electrons. The average molecular weight is 430 g/mol. The van der Waals surface area contributed by atoms with Crippen LogP contribution in [0.5, 0.6) is 0 Å². The fourth-order valence-corrected chi connectivity index (χ4v) is 4.16. The Labute approximate surface area is 189 Å². The molecule has 0 amide bonds. The number of carbonyl (C=O) groups excluding carboxylic acids is 1. The molecule has 0 saturated heterocycles. The first kappa shape index (κ1) is 30.9. The minimum atomic E-state index is 0. The van der Waals surface area contributed by atoms with E-state index in [4.69, 9.17) is 0 Å². The lowest BCUT2D eigenvalue weighted by Gasteiger charge is -2.37. The lowest BCUT2D eigenvalue weighted by atomic mass is 10.0. The molecule has 0 aromatic rings. The molecule has 0 fully saturated rings. The SMILES string of the molecule is C=C(C)C(=O)CC[N+](CC)(CC)CCCCCCCCCCCCCCCC.[Cl-]. The summed E-state index contributed by atoms with van der Waals surface area (Å²) in [7, 11) is 0. The molecule has 0 aromatic heterocycles. The number of rotatable bonds is 21. The van der Waals surface area contributed by atoms with Crippen LogP contribution < -0.4 is 12.4 Å². The highest BCUT2D eigenvalue weighted by molar-refractivity contribution is 5.94. The highest BCUT2D eigenvalue weighted by Crippen LogP contribution is 2.15. The minimum absolute atomic E-state index is 0. The van der Waals surface area contributed by atoms with Crippen molar-refractivity contribution in [1.82, 2.24) is 0 Å². The van der Waals surface area contributed by atoms with Gasteiger partial charge < -0.3 is 16.9 Å². The standard InChI is InChI=1S/C26H52NO.ClH/c1-6-9-10-11-12-13-14-15-16-17-18-19-20-21-23-27(7-2,8-3)24-22-26(28)25(4)5;/h4,6-24H2,1-3,5H3;1H/q+1;/p-1. The number of unbranched alkanes of at least 4 members (excludes halogenated alkanes) is 13. The molecule has 0 spiro atoms. The van der Waals surface area contributed by atoms with Gasteiger partial charge in [0.25, 0.3) is 0 Å². The molecule has 0 radical (unpaired) electrons. The van der Waals surface area contributed by atoms with E-state index < -0.39 is 0 Å². The van der Waals surface area contributed by atoms with Crippen molar-refractivity contribution in [2.75, 3.05) is 26.2 Å². The van der Waals surface area contributed by atoms with E-state index in [9.17, 15) is 4.79 Å². The Morgan fingerprint density at radius 3 is 1.38 bits per heavy atom. The summed E-state index contributed by atoms with van der Waals surface area (Å²) in [5.74, 6) is 0.241. The van der Waals surface area contributed by atoms with E-state index in [1.165, 1.54) is 96.4 Å². The Morgan fingerprint density at radius 2 is 1.03 bits per heavy atom. The first-order valence-corrected chi connectivity index (χ1v) is 12.5. The third kappa shape index (κ3) is 17.1. The van der Waals surface area contributed by atoms with Crippen LogP contribution in [0.2, 0.25) is 0 Å². The molecule has 0 aliphatic heterocycles. The molecular weight excluding hydrogens is 378 g/mol. The third-order valence-corrected chi connectivity index (χ3v) is 6.62. The molecule has 0 bridgehead atoms. The van der Waals surface area contributed by atoms with Crippen LogP contribution in [-0.4, -0.2) is 36.4 Å². The van der Waals surface area contributed by atoms with Gasteiger partial charge in [-0.05, 0) is 39.2 Å². The second-order valence-electron chi connectivity index (χ2n) is 8.97. The third-order valence-electron chi connectivity index (χ3n) is 6.62. The van der Waals surface area contributed by atoms with Crippen LogP contribution in [0.25, 0.3) is 0 Å². The Kier molecular flexibility index (Phi) is 22.2. The molecule has 0 aromatic carbocycles. The predicted molar refractivity (Wildman–Crippen MR) is 126 cm³/mol. The molecule has 0 aliphatic rings. The second-order valence-corrected chi connectivity index (χ2v) is 8.97. The highest BCUT2D eigenvalue weighted by atomic mass is 35.5. The van der Waals surface area contributed by atoms with E-state index in [2.05, 4.69) is 27.4 Å². The molecule has 0 aliphatic carbocycles. The summed E-state index contributed by atoms with van der Waals surface area (Å²) in [5.41, 5.74) is 0.710. The maximum absolute atomic E-state index is 11.9. The van der Waals surface area contributed by atoms with Gasteiger partial charge in [0.1, 0.15) is 0 Å². The van der Waals surface area contributed by atoms with E-state index >= 15 is 0 Å². The van der Waals surface area contributed by atoms with Gasteiger partial charge in [-0.25, -0.2) is 0 Å². The van der Waals surface area contributed by atoms with Crippen molar-refractivity contribution in [3.63, 3.8) is 0 Å². The van der Waals surface area contributed by atoms with E-state index in [1.807, 2.05) is 6.92 Å². The smallest absolute Gasteiger partial charge is 0.163 e. The van der Waals surface area contributed by atoms with Crippen LogP contribution >= 0.6 is 0 Å². The number of halogens is 1. The molecule has 0 N–H and O–H groups in total. The molecular formula is C26H52ClNO. The predicted octanol–water partition coefficient (Wildman–Crippen LogP) is 4.86. The minimum Gasteiger partial charge on any atom is -1.00 e. The Bertz CT molecular complexity index is 390. The van der Waals surface area contributed by atoms with Gasteiger partial charge in [0.05, 0.1) is 32.6 Å². The van der Waals surface area contributed by atoms with Gasteiger partial charge in [-0.3, -0.25) is 4.79 Å². The topological polar surface area (TPSA) is 17.1 Å². The zero-order valence-electron chi connectivity index (χ0n) is 20.4. The summed E-state index contributed by atoms with van der Waals surface area (Å²) in [6, 6.07) is 0. The summed E-state index contributed by atoms with van der Waals surface area (Å²) in [6.45, 7) is 17.0. The van der Waals surface area contributed by atoms with Crippen molar-refractivity contribution in [1.29, 1.82) is 0 Å². The van der Waals surface area contributed by atoms with Crippen LogP contribution in [-0.2, 0) is 4.79 Å². The van der Waals surface area contributed by atoms with E-state index in [0.717, 1.165) is 24.1 Å². The van der Waals surface area contributed by atoms with Gasteiger partial charge in [0.15, 0.2) is 5.78 Å². The zero-order chi connectivity index (χ0) is 21.1. The second kappa shape index (κ2) is 20.9. The number of Topliss-reactive ketones (excluding diaryl/α,β-unsaturated/α-hetero) is 1. The largest absolute Gasteiger partial charge is 1.00 e. The first-order valence-electron chi connectivity index (χ1n) is 12.5. The van der Waals surface area contributed by atoms with Crippen molar-refractivity contribution < 1.29 is 21.7 Å². The number of nitrogens with zero attached hydrogens (tertiary/aromatic N) is 1. The maximum Gasteiger partial charge on any atom is 0.163 e. The summed E-state index contributed by atoms with van der Waals surface area (Å²) < 4.78 is 1.09. The number of hydrogen-bond donors (Lipinski definition) is 0. The van der Waals surface area contributed by atoms with Gasteiger partial charge in [0, 0.05) is 0 Å². The van der Waals surface area contributed by atoms with Crippen molar-refractivity contribution >= 4 is 5.78 Å². The molecule has 0 atom stereocenters. The fraction of sp³-hybridized carbons (Fsp3) is 0.885. The van der Waals surface area contributed by atoms with Crippen LogP contribution in [0, 0.1) is 0 Å². The molecule has 3 heteroatoms. The number of allylic oxidation sites excluding steroid dienone is 1. The summed E-state index contributed by atoms with van der Waals surface area (Å²) in [6.07, 6.45) is 20.4. The summed E-state index contributed by atoms with van der Waals surface area (Å²) in [5, 5.41) is 0. The Morgan fingerprint density at radius 1 is 0.655 bits per heavy atom. The first-order chi connectivity index (χ1) is 13.5. The summed E-state index contributed by atoms with van der Waals surface area (Å²) >= 11 is 0. The molecule has 0 rings (SSSR count). The molecule has 0 saturated carbocycles. The number of carbonyl (C=O) groups is 1. The number of quaternary nitrogens is 1. The number of ketones is 1. The molecule has 0 unspecified atom stereocenters.